The highest BCUT2D eigenvalue weighted by atomic mass is 19.1. The molecule has 4 aromatic rings. The molecule has 0 aliphatic heterocycles. The summed E-state index contributed by atoms with van der Waals surface area (Å²) in [5, 5.41) is 25.4. The third-order valence-electron chi connectivity index (χ3n) is 6.46. The van der Waals surface area contributed by atoms with E-state index >= 15 is 0 Å². The van der Waals surface area contributed by atoms with Crippen molar-refractivity contribution < 1.29 is 23.5 Å². The van der Waals surface area contributed by atoms with Crippen LogP contribution in [0.5, 0.6) is 5.75 Å². The second kappa shape index (κ2) is 10.8. The van der Waals surface area contributed by atoms with Crippen LogP contribution in [0.3, 0.4) is 0 Å². The third-order valence-corrected chi connectivity index (χ3v) is 6.46. The summed E-state index contributed by atoms with van der Waals surface area (Å²) in [4.78, 5) is 29.9. The van der Waals surface area contributed by atoms with Gasteiger partial charge in [0.1, 0.15) is 29.9 Å². The van der Waals surface area contributed by atoms with Crippen LogP contribution in [-0.2, 0) is 16.1 Å². The standard InChI is InChI=1S/C27H27FN6O4/c1-17-9-14-23(38-17)26-30-32-33(31-26)16-24(36)34(21-7-4-8-22(35)15-21)25(18-10-12-19(28)13-11-18)27(37)29-20-5-2-3-6-20/h4,7-15,20,25,35H,2-3,5-6,16H2,1H3,(H,29,37). The van der Waals surface area contributed by atoms with Gasteiger partial charge in [-0.05, 0) is 66.9 Å². The molecule has 38 heavy (non-hydrogen) atoms. The number of aromatic nitrogens is 4. The number of aromatic hydroxyl groups is 1. The Kier molecular flexibility index (Phi) is 7.16. The number of carbonyl (C=O) groups excluding carboxylic acids is 2. The molecule has 11 heteroatoms. The van der Waals surface area contributed by atoms with E-state index in [-0.39, 0.29) is 29.8 Å². The molecule has 2 heterocycles. The smallest absolute Gasteiger partial charge is 0.251 e. The fourth-order valence-electron chi connectivity index (χ4n) is 4.65. The number of anilines is 1. The molecule has 2 amide bonds. The Hall–Kier alpha value is -4.54. The van der Waals surface area contributed by atoms with Crippen molar-refractivity contribution >= 4 is 17.5 Å². The monoisotopic (exact) mass is 518 g/mol. The molecule has 2 N–H and O–H groups in total. The zero-order valence-electron chi connectivity index (χ0n) is 20.7. The van der Waals surface area contributed by atoms with Gasteiger partial charge in [-0.15, -0.1) is 10.2 Å². The highest BCUT2D eigenvalue weighted by molar-refractivity contribution is 6.01. The van der Waals surface area contributed by atoms with E-state index < -0.39 is 23.7 Å². The summed E-state index contributed by atoms with van der Waals surface area (Å²) < 4.78 is 19.3. The van der Waals surface area contributed by atoms with Gasteiger partial charge in [-0.1, -0.05) is 31.0 Å². The zero-order chi connectivity index (χ0) is 26.6. The molecule has 5 rings (SSSR count). The maximum Gasteiger partial charge on any atom is 0.251 e. The molecule has 196 valence electrons. The lowest BCUT2D eigenvalue weighted by Gasteiger charge is -2.32. The highest BCUT2D eigenvalue weighted by Crippen LogP contribution is 2.31. The van der Waals surface area contributed by atoms with E-state index in [1.165, 1.54) is 41.3 Å². The first-order valence-corrected chi connectivity index (χ1v) is 12.4. The molecule has 0 spiro atoms. The molecule has 1 fully saturated rings. The van der Waals surface area contributed by atoms with Crippen molar-refractivity contribution in [1.29, 1.82) is 0 Å². The van der Waals surface area contributed by atoms with Crippen LogP contribution >= 0.6 is 0 Å². The highest BCUT2D eigenvalue weighted by Gasteiger charge is 2.35. The van der Waals surface area contributed by atoms with Crippen LogP contribution < -0.4 is 10.2 Å². The normalized spacial score (nSPS) is 14.4. The molecular formula is C27H27FN6O4. The van der Waals surface area contributed by atoms with Gasteiger partial charge < -0.3 is 14.8 Å². The van der Waals surface area contributed by atoms with Gasteiger partial charge in [-0.3, -0.25) is 14.5 Å². The molecular weight excluding hydrogens is 491 g/mol. The Balaban J connectivity index is 1.51. The molecule has 10 nitrogen and oxygen atoms in total. The van der Waals surface area contributed by atoms with Crippen LogP contribution in [0.4, 0.5) is 10.1 Å². The summed E-state index contributed by atoms with van der Waals surface area (Å²) in [6.07, 6.45) is 3.72. The van der Waals surface area contributed by atoms with Crippen LogP contribution in [0.15, 0.2) is 65.1 Å². The number of amides is 2. The fourth-order valence-corrected chi connectivity index (χ4v) is 4.65. The number of hydrogen-bond acceptors (Lipinski definition) is 7. The van der Waals surface area contributed by atoms with Gasteiger partial charge in [0.05, 0.1) is 0 Å². The fraction of sp³-hybridized carbons (Fsp3) is 0.296. The van der Waals surface area contributed by atoms with Crippen molar-refractivity contribution in [3.8, 4) is 17.3 Å². The summed E-state index contributed by atoms with van der Waals surface area (Å²) in [5.41, 5.74) is 0.699. The minimum atomic E-state index is -1.14. The summed E-state index contributed by atoms with van der Waals surface area (Å²) >= 11 is 0. The molecule has 0 saturated heterocycles. The van der Waals surface area contributed by atoms with Crippen molar-refractivity contribution in [2.75, 3.05) is 4.90 Å². The SMILES string of the molecule is Cc1ccc(-c2nnn(CC(=O)N(c3cccc(O)c3)C(C(=O)NC3CCCC3)c3ccc(F)cc3)n2)o1. The van der Waals surface area contributed by atoms with E-state index in [0.717, 1.165) is 30.5 Å². The lowest BCUT2D eigenvalue weighted by atomic mass is 10.0. The van der Waals surface area contributed by atoms with E-state index in [2.05, 4.69) is 20.7 Å². The number of hydrogen-bond donors (Lipinski definition) is 2. The van der Waals surface area contributed by atoms with Crippen molar-refractivity contribution in [3.05, 3.63) is 77.8 Å². The Morgan fingerprint density at radius 3 is 2.61 bits per heavy atom. The predicted molar refractivity (Wildman–Crippen MR) is 135 cm³/mol. The quantitative estimate of drug-likeness (QED) is 0.362. The van der Waals surface area contributed by atoms with Crippen molar-refractivity contribution in [1.82, 2.24) is 25.5 Å². The van der Waals surface area contributed by atoms with Crippen LogP contribution in [0.1, 0.15) is 43.0 Å². The van der Waals surface area contributed by atoms with Crippen molar-refractivity contribution in [3.63, 3.8) is 0 Å². The molecule has 1 atom stereocenters. The summed E-state index contributed by atoms with van der Waals surface area (Å²) in [6.45, 7) is 1.44. The van der Waals surface area contributed by atoms with Gasteiger partial charge in [-0.2, -0.15) is 4.80 Å². The van der Waals surface area contributed by atoms with Crippen molar-refractivity contribution in [2.45, 2.75) is 51.2 Å². The second-order valence-corrected chi connectivity index (χ2v) is 9.28. The summed E-state index contributed by atoms with van der Waals surface area (Å²) in [7, 11) is 0. The first kappa shape index (κ1) is 25.1. The number of halogens is 1. The van der Waals surface area contributed by atoms with Gasteiger partial charge in [-0.25, -0.2) is 4.39 Å². The number of aryl methyl sites for hydroxylation is 1. The number of phenolic OH excluding ortho intramolecular Hbond substituents is 1. The Morgan fingerprint density at radius 1 is 1.16 bits per heavy atom. The number of carbonyl (C=O) groups is 2. The van der Waals surface area contributed by atoms with Gasteiger partial charge in [0.15, 0.2) is 5.76 Å². The molecule has 1 saturated carbocycles. The van der Waals surface area contributed by atoms with Gasteiger partial charge in [0.2, 0.25) is 11.7 Å². The minimum absolute atomic E-state index is 0.0112. The molecule has 0 bridgehead atoms. The molecule has 2 aromatic heterocycles. The molecule has 2 aromatic carbocycles. The van der Waals surface area contributed by atoms with E-state index in [0.29, 0.717) is 17.1 Å². The lowest BCUT2D eigenvalue weighted by Crippen LogP contribution is -2.47. The Morgan fingerprint density at radius 2 is 1.92 bits per heavy atom. The number of tetrazole rings is 1. The number of benzene rings is 2. The number of phenols is 1. The van der Waals surface area contributed by atoms with Crippen LogP contribution in [0, 0.1) is 12.7 Å². The molecule has 1 unspecified atom stereocenters. The van der Waals surface area contributed by atoms with Gasteiger partial charge in [0, 0.05) is 17.8 Å². The third kappa shape index (κ3) is 5.56. The number of furan rings is 1. The second-order valence-electron chi connectivity index (χ2n) is 9.28. The van der Waals surface area contributed by atoms with Crippen LogP contribution in [0.2, 0.25) is 0 Å². The number of rotatable bonds is 8. The summed E-state index contributed by atoms with van der Waals surface area (Å²) in [6, 6.07) is 13.8. The zero-order valence-corrected chi connectivity index (χ0v) is 20.7. The Bertz CT molecular complexity index is 1430. The van der Waals surface area contributed by atoms with Crippen molar-refractivity contribution in [2.24, 2.45) is 0 Å². The van der Waals surface area contributed by atoms with Crippen LogP contribution in [-0.4, -0.2) is 43.2 Å². The van der Waals surface area contributed by atoms with E-state index in [4.69, 9.17) is 4.42 Å². The average Bonchev–Trinajstić information content (AvgIpc) is 3.66. The van der Waals surface area contributed by atoms with E-state index in [9.17, 15) is 19.1 Å². The molecule has 0 radical (unpaired) electrons. The number of nitrogens with zero attached hydrogens (tertiary/aromatic N) is 5. The summed E-state index contributed by atoms with van der Waals surface area (Å²) in [5.74, 6) is -0.187. The van der Waals surface area contributed by atoms with E-state index in [1.54, 1.807) is 31.2 Å². The first-order chi connectivity index (χ1) is 18.4. The maximum atomic E-state index is 13.8. The topological polar surface area (TPSA) is 126 Å². The average molecular weight is 519 g/mol. The van der Waals surface area contributed by atoms with Gasteiger partial charge >= 0.3 is 0 Å². The van der Waals surface area contributed by atoms with Crippen LogP contribution in [0.25, 0.3) is 11.6 Å². The van der Waals surface area contributed by atoms with E-state index in [1.807, 2.05) is 0 Å². The molecule has 1 aliphatic rings. The largest absolute Gasteiger partial charge is 0.508 e. The number of nitrogens with one attached hydrogen (secondary N) is 1. The maximum absolute atomic E-state index is 13.8. The predicted octanol–water partition coefficient (Wildman–Crippen LogP) is 3.92. The minimum Gasteiger partial charge on any atom is -0.508 e. The van der Waals surface area contributed by atoms with Gasteiger partial charge in [0.25, 0.3) is 5.91 Å². The first-order valence-electron chi connectivity index (χ1n) is 12.4. The lowest BCUT2D eigenvalue weighted by molar-refractivity contribution is -0.127. The Labute approximate surface area is 218 Å². The molecule has 1 aliphatic carbocycles.